The van der Waals surface area contributed by atoms with Crippen molar-refractivity contribution in [3.63, 3.8) is 0 Å². The third-order valence-electron chi connectivity index (χ3n) is 10.4. The first-order chi connectivity index (χ1) is 25.8. The Morgan fingerprint density at radius 3 is 1.90 bits per heavy atom. The number of hydrogen-bond donors (Lipinski definition) is 0. The number of furan rings is 1. The zero-order valence-electron chi connectivity index (χ0n) is 28.0. The molecule has 3 aromatic heterocycles. The Bertz CT molecular complexity index is 3180. The van der Waals surface area contributed by atoms with E-state index < -0.39 is 0 Å². The van der Waals surface area contributed by atoms with E-state index in [1.165, 1.54) is 21.5 Å². The van der Waals surface area contributed by atoms with Crippen molar-refractivity contribution in [1.29, 1.82) is 0 Å². The van der Waals surface area contributed by atoms with Crippen LogP contribution in [0.5, 0.6) is 0 Å². The molecule has 52 heavy (non-hydrogen) atoms. The lowest BCUT2D eigenvalue weighted by molar-refractivity contribution is 0.667. The van der Waals surface area contributed by atoms with Crippen molar-refractivity contribution in [3.8, 4) is 39.5 Å². The second-order valence-corrected chi connectivity index (χ2v) is 13.4. The molecule has 0 atom stereocenters. The molecule has 0 radical (unpaired) electrons. The summed E-state index contributed by atoms with van der Waals surface area (Å²) in [4.78, 5) is 10.5. The Hall–Kier alpha value is -7.04. The van der Waals surface area contributed by atoms with Crippen LogP contribution in [-0.4, -0.2) is 14.5 Å². The standard InChI is InChI=1S/C48H29N3O/c1-3-13-30(14-4-1)34-23-24-44-41(27-34)46-47(52-44)45(49-48(50-46)31-15-5-2-6-16-31)40-29-36(25-35-19-9-10-20-37(35)40)51-42-22-12-11-21-38(42)39-26-32-17-7-8-18-33(32)28-43(39)51/h1-29H. The summed E-state index contributed by atoms with van der Waals surface area (Å²) in [6.45, 7) is 0. The molecule has 8 aromatic carbocycles. The summed E-state index contributed by atoms with van der Waals surface area (Å²) in [5.74, 6) is 0.661. The molecule has 3 heterocycles. The molecule has 0 aliphatic rings. The first-order valence-corrected chi connectivity index (χ1v) is 17.6. The zero-order valence-corrected chi connectivity index (χ0v) is 28.0. The summed E-state index contributed by atoms with van der Waals surface area (Å²) in [6.07, 6.45) is 0. The molecule has 0 aliphatic heterocycles. The normalized spacial score (nSPS) is 11.8. The van der Waals surface area contributed by atoms with Gasteiger partial charge in [0, 0.05) is 33.0 Å². The fraction of sp³-hybridized carbons (Fsp3) is 0. The minimum absolute atomic E-state index is 0.661. The highest BCUT2D eigenvalue weighted by Crippen LogP contribution is 2.42. The molecule has 0 spiro atoms. The Labute approximate surface area is 298 Å². The largest absolute Gasteiger partial charge is 0.452 e. The van der Waals surface area contributed by atoms with Gasteiger partial charge in [-0.15, -0.1) is 0 Å². The number of hydrogen-bond acceptors (Lipinski definition) is 3. The van der Waals surface area contributed by atoms with Gasteiger partial charge in [0.15, 0.2) is 11.4 Å². The van der Waals surface area contributed by atoms with Crippen molar-refractivity contribution in [2.45, 2.75) is 0 Å². The molecule has 11 aromatic rings. The van der Waals surface area contributed by atoms with Crippen molar-refractivity contribution < 1.29 is 4.42 Å². The van der Waals surface area contributed by atoms with Gasteiger partial charge in [0.2, 0.25) is 0 Å². The summed E-state index contributed by atoms with van der Waals surface area (Å²) in [7, 11) is 0. The first-order valence-electron chi connectivity index (χ1n) is 17.6. The lowest BCUT2D eigenvalue weighted by Gasteiger charge is -2.14. The van der Waals surface area contributed by atoms with Crippen LogP contribution in [-0.2, 0) is 0 Å². The Kier molecular flexibility index (Phi) is 6.22. The van der Waals surface area contributed by atoms with Gasteiger partial charge < -0.3 is 8.98 Å². The van der Waals surface area contributed by atoms with Gasteiger partial charge in [0.05, 0.1) is 11.0 Å². The van der Waals surface area contributed by atoms with E-state index in [-0.39, 0.29) is 0 Å². The van der Waals surface area contributed by atoms with Crippen LogP contribution < -0.4 is 0 Å². The molecule has 0 saturated heterocycles. The predicted molar refractivity (Wildman–Crippen MR) is 215 cm³/mol. The van der Waals surface area contributed by atoms with Crippen LogP contribution in [0.3, 0.4) is 0 Å². The van der Waals surface area contributed by atoms with Gasteiger partial charge in [0.25, 0.3) is 0 Å². The molecule has 4 nitrogen and oxygen atoms in total. The number of rotatable bonds is 4. The number of fused-ring (bicyclic) bond motifs is 8. The van der Waals surface area contributed by atoms with Crippen LogP contribution in [0.2, 0.25) is 0 Å². The first kappa shape index (κ1) is 28.8. The van der Waals surface area contributed by atoms with Crippen molar-refractivity contribution in [2.24, 2.45) is 0 Å². The van der Waals surface area contributed by atoms with E-state index >= 15 is 0 Å². The van der Waals surface area contributed by atoms with Gasteiger partial charge in [-0.25, -0.2) is 9.97 Å². The highest BCUT2D eigenvalue weighted by Gasteiger charge is 2.22. The predicted octanol–water partition coefficient (Wildman–Crippen LogP) is 12.8. The lowest BCUT2D eigenvalue weighted by Crippen LogP contribution is -1.98. The quantitative estimate of drug-likeness (QED) is 0.188. The van der Waals surface area contributed by atoms with Gasteiger partial charge >= 0.3 is 0 Å². The second kappa shape index (κ2) is 11.2. The zero-order chi connectivity index (χ0) is 34.2. The van der Waals surface area contributed by atoms with Crippen molar-refractivity contribution in [2.75, 3.05) is 0 Å². The number of nitrogens with zero attached hydrogens (tertiary/aromatic N) is 3. The third-order valence-corrected chi connectivity index (χ3v) is 10.4. The minimum atomic E-state index is 0.661. The number of para-hydroxylation sites is 1. The molecule has 4 heteroatoms. The molecule has 0 aliphatic carbocycles. The van der Waals surface area contributed by atoms with Crippen LogP contribution in [0.1, 0.15) is 0 Å². The molecule has 0 saturated carbocycles. The lowest BCUT2D eigenvalue weighted by atomic mass is 9.99. The van der Waals surface area contributed by atoms with E-state index in [0.29, 0.717) is 11.4 Å². The van der Waals surface area contributed by atoms with Crippen LogP contribution in [0.25, 0.3) is 105 Å². The molecule has 0 unspecified atom stereocenters. The average Bonchev–Trinajstić information content (AvgIpc) is 3.74. The van der Waals surface area contributed by atoms with E-state index in [1.54, 1.807) is 0 Å². The average molecular weight is 664 g/mol. The van der Waals surface area contributed by atoms with Gasteiger partial charge in [-0.1, -0.05) is 133 Å². The number of benzene rings is 8. The van der Waals surface area contributed by atoms with Crippen LogP contribution in [0, 0.1) is 0 Å². The summed E-state index contributed by atoms with van der Waals surface area (Å²) in [6, 6.07) is 62.1. The minimum Gasteiger partial charge on any atom is -0.452 e. The smallest absolute Gasteiger partial charge is 0.180 e. The highest BCUT2D eigenvalue weighted by atomic mass is 16.3. The van der Waals surface area contributed by atoms with Crippen molar-refractivity contribution in [3.05, 3.63) is 176 Å². The molecular formula is C48H29N3O. The Balaban J connectivity index is 1.24. The van der Waals surface area contributed by atoms with E-state index in [1.807, 2.05) is 24.3 Å². The topological polar surface area (TPSA) is 43.9 Å². The summed E-state index contributed by atoms with van der Waals surface area (Å²) >= 11 is 0. The Morgan fingerprint density at radius 2 is 1.10 bits per heavy atom. The molecule has 0 amide bonds. The molecular weight excluding hydrogens is 635 g/mol. The van der Waals surface area contributed by atoms with Gasteiger partial charge in [0.1, 0.15) is 16.8 Å². The van der Waals surface area contributed by atoms with E-state index in [9.17, 15) is 0 Å². The van der Waals surface area contributed by atoms with E-state index in [2.05, 4.69) is 156 Å². The van der Waals surface area contributed by atoms with E-state index in [0.717, 1.165) is 71.9 Å². The van der Waals surface area contributed by atoms with Gasteiger partial charge in [-0.2, -0.15) is 0 Å². The maximum Gasteiger partial charge on any atom is 0.180 e. The third kappa shape index (κ3) is 4.41. The Morgan fingerprint density at radius 1 is 0.423 bits per heavy atom. The van der Waals surface area contributed by atoms with Gasteiger partial charge in [-0.3, -0.25) is 0 Å². The fourth-order valence-corrected chi connectivity index (χ4v) is 7.91. The molecule has 11 rings (SSSR count). The molecule has 242 valence electrons. The monoisotopic (exact) mass is 663 g/mol. The SMILES string of the molecule is c1ccc(-c2ccc3oc4c(-c5cc(-n6c7ccccc7c7cc8ccccc8cc76)cc6ccccc56)nc(-c5ccccc5)nc4c3c2)cc1. The van der Waals surface area contributed by atoms with Gasteiger partial charge in [-0.05, 0) is 75.1 Å². The van der Waals surface area contributed by atoms with Crippen molar-refractivity contribution in [1.82, 2.24) is 14.5 Å². The maximum atomic E-state index is 6.76. The summed E-state index contributed by atoms with van der Waals surface area (Å²) < 4.78 is 9.15. The van der Waals surface area contributed by atoms with Crippen LogP contribution in [0.15, 0.2) is 180 Å². The second-order valence-electron chi connectivity index (χ2n) is 13.4. The fourth-order valence-electron chi connectivity index (χ4n) is 7.91. The molecule has 0 fully saturated rings. The maximum absolute atomic E-state index is 6.76. The number of aromatic nitrogens is 3. The molecule has 0 N–H and O–H groups in total. The summed E-state index contributed by atoms with van der Waals surface area (Å²) in [5.41, 5.74) is 10.6. The van der Waals surface area contributed by atoms with E-state index in [4.69, 9.17) is 14.4 Å². The molecule has 0 bridgehead atoms. The van der Waals surface area contributed by atoms with Crippen LogP contribution >= 0.6 is 0 Å². The van der Waals surface area contributed by atoms with Crippen molar-refractivity contribution >= 4 is 65.4 Å². The summed E-state index contributed by atoms with van der Waals surface area (Å²) in [5, 5.41) is 8.08. The highest BCUT2D eigenvalue weighted by molar-refractivity contribution is 6.15. The van der Waals surface area contributed by atoms with Crippen LogP contribution in [0.4, 0.5) is 0 Å².